The van der Waals surface area contributed by atoms with E-state index in [0.717, 1.165) is 6.42 Å². The maximum absolute atomic E-state index is 12.3. The molecular formula is C17H19NO3. The first kappa shape index (κ1) is 13.9. The molecule has 0 radical (unpaired) electrons. The largest absolute Gasteiger partial charge is 0.480 e. The van der Waals surface area contributed by atoms with Crippen LogP contribution >= 0.6 is 0 Å². The summed E-state index contributed by atoms with van der Waals surface area (Å²) in [5.74, 6) is -1.18. The second-order valence-corrected chi connectivity index (χ2v) is 5.99. The highest BCUT2D eigenvalue weighted by molar-refractivity contribution is 6.05. The Labute approximate surface area is 124 Å². The van der Waals surface area contributed by atoms with Gasteiger partial charge in [-0.3, -0.25) is 9.59 Å². The summed E-state index contributed by atoms with van der Waals surface area (Å²) in [4.78, 5) is 25.2. The van der Waals surface area contributed by atoms with Crippen LogP contribution in [0.15, 0.2) is 30.3 Å². The van der Waals surface area contributed by atoms with Gasteiger partial charge in [-0.05, 0) is 37.3 Å². The van der Waals surface area contributed by atoms with E-state index >= 15 is 0 Å². The summed E-state index contributed by atoms with van der Waals surface area (Å²) in [6.07, 6.45) is 3.79. The van der Waals surface area contributed by atoms with Crippen molar-refractivity contribution in [1.29, 1.82) is 0 Å². The summed E-state index contributed by atoms with van der Waals surface area (Å²) in [5, 5.41) is 9.20. The van der Waals surface area contributed by atoms with Gasteiger partial charge in [-0.2, -0.15) is 0 Å². The Morgan fingerprint density at radius 2 is 2.05 bits per heavy atom. The Hall–Kier alpha value is -2.10. The van der Waals surface area contributed by atoms with E-state index in [4.69, 9.17) is 0 Å². The maximum Gasteiger partial charge on any atom is 0.319 e. The highest BCUT2D eigenvalue weighted by atomic mass is 16.4. The van der Waals surface area contributed by atoms with Crippen molar-refractivity contribution in [3.8, 4) is 0 Å². The minimum Gasteiger partial charge on any atom is -0.480 e. The van der Waals surface area contributed by atoms with Gasteiger partial charge in [0, 0.05) is 13.1 Å². The molecule has 0 unspecified atom stereocenters. The van der Waals surface area contributed by atoms with Crippen LogP contribution in [-0.2, 0) is 9.59 Å². The van der Waals surface area contributed by atoms with E-state index in [0.29, 0.717) is 25.9 Å². The molecule has 0 spiro atoms. The van der Waals surface area contributed by atoms with Crippen molar-refractivity contribution in [2.45, 2.75) is 26.2 Å². The minimum atomic E-state index is -1.12. The lowest BCUT2D eigenvalue weighted by Gasteiger charge is -2.29. The number of carbonyl (C=O) groups is 2. The average Bonchev–Trinajstić information content (AvgIpc) is 3.28. The third kappa shape index (κ3) is 2.46. The van der Waals surface area contributed by atoms with Gasteiger partial charge in [-0.25, -0.2) is 0 Å². The van der Waals surface area contributed by atoms with E-state index in [1.807, 2.05) is 12.1 Å². The van der Waals surface area contributed by atoms with Crippen molar-refractivity contribution in [2.24, 2.45) is 5.41 Å². The number of amides is 1. The highest BCUT2D eigenvalue weighted by Crippen LogP contribution is 2.47. The lowest BCUT2D eigenvalue weighted by atomic mass is 9.97. The summed E-state index contributed by atoms with van der Waals surface area (Å²) in [6.45, 7) is 3.18. The van der Waals surface area contributed by atoms with E-state index in [1.165, 1.54) is 16.7 Å². The lowest BCUT2D eigenvalue weighted by molar-refractivity contribution is -0.153. The molecule has 0 saturated heterocycles. The first-order valence-electron chi connectivity index (χ1n) is 7.32. The summed E-state index contributed by atoms with van der Waals surface area (Å²) >= 11 is 0. The van der Waals surface area contributed by atoms with Gasteiger partial charge in [0.2, 0.25) is 5.91 Å². The fourth-order valence-corrected chi connectivity index (χ4v) is 2.91. The van der Waals surface area contributed by atoms with E-state index in [-0.39, 0.29) is 5.91 Å². The van der Waals surface area contributed by atoms with Gasteiger partial charge in [0.1, 0.15) is 5.41 Å². The predicted octanol–water partition coefficient (Wildman–Crippen LogP) is 2.48. The molecule has 1 saturated carbocycles. The number of benzene rings is 1. The molecule has 1 aliphatic heterocycles. The topological polar surface area (TPSA) is 57.6 Å². The Balaban J connectivity index is 1.72. The molecule has 1 aliphatic carbocycles. The quantitative estimate of drug-likeness (QED) is 0.868. The van der Waals surface area contributed by atoms with Crippen LogP contribution in [0.25, 0.3) is 5.57 Å². The van der Waals surface area contributed by atoms with E-state index in [1.54, 1.807) is 4.90 Å². The second kappa shape index (κ2) is 5.02. The van der Waals surface area contributed by atoms with E-state index in [2.05, 4.69) is 25.1 Å². The zero-order valence-corrected chi connectivity index (χ0v) is 12.1. The highest BCUT2D eigenvalue weighted by Gasteiger charge is 2.58. The van der Waals surface area contributed by atoms with Gasteiger partial charge in [0.25, 0.3) is 0 Å². The van der Waals surface area contributed by atoms with Crippen LogP contribution in [0.3, 0.4) is 0 Å². The summed E-state index contributed by atoms with van der Waals surface area (Å²) < 4.78 is 0. The first-order valence-corrected chi connectivity index (χ1v) is 7.32. The Morgan fingerprint density at radius 1 is 1.29 bits per heavy atom. The van der Waals surface area contributed by atoms with Crippen LogP contribution in [-0.4, -0.2) is 35.0 Å². The van der Waals surface area contributed by atoms with Crippen molar-refractivity contribution in [3.05, 3.63) is 41.5 Å². The number of nitrogens with zero attached hydrogens (tertiary/aromatic N) is 1. The smallest absolute Gasteiger partial charge is 0.319 e. The molecule has 1 N–H and O–H groups in total. The molecule has 0 aromatic heterocycles. The normalized spacial score (nSPS) is 19.9. The van der Waals surface area contributed by atoms with E-state index in [9.17, 15) is 14.7 Å². The predicted molar refractivity (Wildman–Crippen MR) is 79.7 cm³/mol. The fourth-order valence-electron chi connectivity index (χ4n) is 2.91. The van der Waals surface area contributed by atoms with Crippen molar-refractivity contribution in [3.63, 3.8) is 0 Å². The summed E-state index contributed by atoms with van der Waals surface area (Å²) in [6, 6.07) is 8.32. The molecule has 4 nitrogen and oxygen atoms in total. The monoisotopic (exact) mass is 285 g/mol. The van der Waals surface area contributed by atoms with Gasteiger partial charge in [-0.15, -0.1) is 0 Å². The van der Waals surface area contributed by atoms with Crippen LogP contribution in [0.1, 0.15) is 30.4 Å². The number of carboxylic acid groups (broad SMARTS) is 1. The Morgan fingerprint density at radius 3 is 2.57 bits per heavy atom. The third-order valence-electron chi connectivity index (χ3n) is 4.45. The molecule has 21 heavy (non-hydrogen) atoms. The number of rotatable bonds is 3. The number of hydrogen-bond donors (Lipinski definition) is 1. The Bertz CT molecular complexity index is 629. The number of carbonyl (C=O) groups excluding carboxylic acids is 1. The number of aryl methyl sites for hydroxylation is 1. The molecular weight excluding hydrogens is 266 g/mol. The van der Waals surface area contributed by atoms with Crippen LogP contribution in [0.5, 0.6) is 0 Å². The van der Waals surface area contributed by atoms with Crippen molar-refractivity contribution in [1.82, 2.24) is 4.90 Å². The lowest BCUT2D eigenvalue weighted by Crippen LogP contribution is -2.42. The summed E-state index contributed by atoms with van der Waals surface area (Å²) in [7, 11) is 0. The van der Waals surface area contributed by atoms with Gasteiger partial charge in [-0.1, -0.05) is 35.9 Å². The molecule has 1 amide bonds. The molecule has 2 aliphatic rings. The molecule has 4 heteroatoms. The molecule has 0 bridgehead atoms. The zero-order valence-electron chi connectivity index (χ0n) is 12.1. The van der Waals surface area contributed by atoms with Crippen molar-refractivity contribution < 1.29 is 14.7 Å². The molecule has 110 valence electrons. The van der Waals surface area contributed by atoms with Crippen LogP contribution < -0.4 is 0 Å². The van der Waals surface area contributed by atoms with Crippen LogP contribution in [0.2, 0.25) is 0 Å². The van der Waals surface area contributed by atoms with Gasteiger partial charge in [0.05, 0.1) is 0 Å². The van der Waals surface area contributed by atoms with Crippen molar-refractivity contribution in [2.75, 3.05) is 13.1 Å². The molecule has 0 atom stereocenters. The number of aliphatic carboxylic acids is 1. The van der Waals surface area contributed by atoms with Crippen molar-refractivity contribution >= 4 is 17.4 Å². The van der Waals surface area contributed by atoms with Gasteiger partial charge < -0.3 is 10.0 Å². The SMILES string of the molecule is Cc1cccc(C2=CCN(C(=O)C3(C(=O)O)CC3)CC2)c1. The Kier molecular flexibility index (Phi) is 3.32. The molecule has 3 rings (SSSR count). The van der Waals surface area contributed by atoms with Crippen LogP contribution in [0.4, 0.5) is 0 Å². The molecule has 1 fully saturated rings. The van der Waals surface area contributed by atoms with E-state index < -0.39 is 11.4 Å². The zero-order chi connectivity index (χ0) is 15.0. The minimum absolute atomic E-state index is 0.213. The van der Waals surface area contributed by atoms with Gasteiger partial charge in [0.15, 0.2) is 0 Å². The standard InChI is InChI=1S/C17H19NO3/c1-12-3-2-4-14(11-12)13-5-9-18(10-6-13)15(19)17(7-8-17)16(20)21/h2-5,11H,6-10H2,1H3,(H,20,21). The maximum atomic E-state index is 12.3. The average molecular weight is 285 g/mol. The second-order valence-electron chi connectivity index (χ2n) is 5.99. The molecule has 1 aromatic rings. The first-order chi connectivity index (χ1) is 10.0. The molecule has 1 heterocycles. The fraction of sp³-hybridized carbons (Fsp3) is 0.412. The summed E-state index contributed by atoms with van der Waals surface area (Å²) in [5.41, 5.74) is 2.54. The number of carboxylic acids is 1. The molecule has 1 aromatic carbocycles. The van der Waals surface area contributed by atoms with Crippen LogP contribution in [0, 0.1) is 12.3 Å². The number of hydrogen-bond acceptors (Lipinski definition) is 2. The van der Waals surface area contributed by atoms with Gasteiger partial charge >= 0.3 is 5.97 Å². The third-order valence-corrected chi connectivity index (χ3v) is 4.45.